The van der Waals surface area contributed by atoms with Crippen LogP contribution in [0, 0.1) is 6.92 Å². The Hall–Kier alpha value is -2.87. The lowest BCUT2D eigenvalue weighted by Crippen LogP contribution is -2.32. The molecule has 0 aliphatic heterocycles. The molecule has 0 atom stereocenters. The number of aromatic nitrogens is 2. The van der Waals surface area contributed by atoms with Gasteiger partial charge in [-0.05, 0) is 55.7 Å². The third-order valence-corrected chi connectivity index (χ3v) is 6.53. The van der Waals surface area contributed by atoms with Gasteiger partial charge in [-0.2, -0.15) is 0 Å². The number of nitrogens with one attached hydrogen (secondary N) is 3. The van der Waals surface area contributed by atoms with E-state index in [4.69, 9.17) is 0 Å². The van der Waals surface area contributed by atoms with Crippen molar-refractivity contribution >= 4 is 32.7 Å². The van der Waals surface area contributed by atoms with Gasteiger partial charge >= 0.3 is 0 Å². The minimum Gasteiger partial charge on any atom is -0.349 e. The molecule has 0 unspecified atom stereocenters. The van der Waals surface area contributed by atoms with E-state index in [2.05, 4.69) is 20.0 Å². The Morgan fingerprint density at radius 2 is 2.00 bits per heavy atom. The SMILES string of the molecule is Cc1cc(C(=O)NC2CCCC2)ccc1NS(=O)(=O)c1c[nH]c2ncccc12. The maximum atomic E-state index is 12.8. The van der Waals surface area contributed by atoms with Crippen LogP contribution in [0.15, 0.2) is 47.6 Å². The van der Waals surface area contributed by atoms with Crippen molar-refractivity contribution in [1.82, 2.24) is 15.3 Å². The number of benzene rings is 1. The highest BCUT2D eigenvalue weighted by molar-refractivity contribution is 7.93. The summed E-state index contributed by atoms with van der Waals surface area (Å²) in [6.07, 6.45) is 7.35. The molecule has 4 rings (SSSR count). The van der Waals surface area contributed by atoms with Gasteiger partial charge in [-0.15, -0.1) is 0 Å². The van der Waals surface area contributed by atoms with Gasteiger partial charge in [0.2, 0.25) is 0 Å². The standard InChI is InChI=1S/C20H22N4O3S/c1-13-11-14(20(25)23-15-5-2-3-6-15)8-9-17(13)24-28(26,27)18-12-22-19-16(18)7-4-10-21-19/h4,7-12,15,24H,2-3,5-6H2,1H3,(H,21,22)(H,23,25). The van der Waals surface area contributed by atoms with E-state index < -0.39 is 10.0 Å². The molecule has 0 saturated heterocycles. The van der Waals surface area contributed by atoms with Crippen molar-refractivity contribution in [1.29, 1.82) is 0 Å². The number of amides is 1. The van der Waals surface area contributed by atoms with Crippen LogP contribution in [-0.4, -0.2) is 30.3 Å². The molecule has 1 fully saturated rings. The molecule has 2 aromatic heterocycles. The van der Waals surface area contributed by atoms with E-state index in [1.165, 1.54) is 6.20 Å². The van der Waals surface area contributed by atoms with Crippen LogP contribution in [0.3, 0.4) is 0 Å². The highest BCUT2D eigenvalue weighted by Gasteiger charge is 2.21. The molecule has 1 aliphatic carbocycles. The van der Waals surface area contributed by atoms with Gasteiger partial charge in [0, 0.05) is 29.4 Å². The zero-order valence-electron chi connectivity index (χ0n) is 15.5. The third-order valence-electron chi connectivity index (χ3n) is 5.13. The van der Waals surface area contributed by atoms with Crippen LogP contribution in [-0.2, 0) is 10.0 Å². The van der Waals surface area contributed by atoms with Gasteiger partial charge in [-0.3, -0.25) is 9.52 Å². The molecule has 2 heterocycles. The molecule has 0 radical (unpaired) electrons. The molecule has 1 aromatic carbocycles. The Labute approximate surface area is 163 Å². The lowest BCUT2D eigenvalue weighted by Gasteiger charge is -2.14. The number of H-pyrrole nitrogens is 1. The van der Waals surface area contributed by atoms with E-state index in [0.29, 0.717) is 27.8 Å². The Balaban J connectivity index is 1.55. The summed E-state index contributed by atoms with van der Waals surface area (Å²) in [4.78, 5) is 19.5. The number of nitrogens with zero attached hydrogens (tertiary/aromatic N) is 1. The number of hydrogen-bond acceptors (Lipinski definition) is 4. The second-order valence-electron chi connectivity index (χ2n) is 7.14. The minimum absolute atomic E-state index is 0.118. The summed E-state index contributed by atoms with van der Waals surface area (Å²) in [5.74, 6) is -0.118. The smallest absolute Gasteiger partial charge is 0.264 e. The quantitative estimate of drug-likeness (QED) is 0.613. The van der Waals surface area contributed by atoms with Crippen molar-refractivity contribution in [3.63, 3.8) is 0 Å². The van der Waals surface area contributed by atoms with Gasteiger partial charge in [0.05, 0.1) is 5.69 Å². The highest BCUT2D eigenvalue weighted by atomic mass is 32.2. The van der Waals surface area contributed by atoms with Gasteiger partial charge in [0.25, 0.3) is 15.9 Å². The molecule has 0 spiro atoms. The first-order valence-electron chi connectivity index (χ1n) is 9.30. The van der Waals surface area contributed by atoms with Gasteiger partial charge < -0.3 is 10.3 Å². The lowest BCUT2D eigenvalue weighted by molar-refractivity contribution is 0.0938. The van der Waals surface area contributed by atoms with Crippen molar-refractivity contribution in [2.24, 2.45) is 0 Å². The summed E-state index contributed by atoms with van der Waals surface area (Å²) in [7, 11) is -3.79. The Morgan fingerprint density at radius 1 is 1.21 bits per heavy atom. The summed E-state index contributed by atoms with van der Waals surface area (Å²) < 4.78 is 28.3. The summed E-state index contributed by atoms with van der Waals surface area (Å²) in [6.45, 7) is 1.78. The molecule has 8 heteroatoms. The van der Waals surface area contributed by atoms with Crippen LogP contribution >= 0.6 is 0 Å². The third kappa shape index (κ3) is 3.60. The molecular weight excluding hydrogens is 376 g/mol. The average Bonchev–Trinajstić information content (AvgIpc) is 3.33. The summed E-state index contributed by atoms with van der Waals surface area (Å²) in [6, 6.07) is 8.62. The van der Waals surface area contributed by atoms with E-state index >= 15 is 0 Å². The number of carbonyl (C=O) groups excluding carboxylic acids is 1. The fourth-order valence-corrected chi connectivity index (χ4v) is 4.91. The zero-order valence-corrected chi connectivity index (χ0v) is 16.3. The number of fused-ring (bicyclic) bond motifs is 1. The summed E-state index contributed by atoms with van der Waals surface area (Å²) >= 11 is 0. The molecule has 146 valence electrons. The van der Waals surface area contributed by atoms with Crippen LogP contribution in [0.2, 0.25) is 0 Å². The fourth-order valence-electron chi connectivity index (χ4n) is 3.61. The molecule has 7 nitrogen and oxygen atoms in total. The van der Waals surface area contributed by atoms with E-state index in [9.17, 15) is 13.2 Å². The van der Waals surface area contributed by atoms with Crippen molar-refractivity contribution in [3.8, 4) is 0 Å². The molecule has 28 heavy (non-hydrogen) atoms. The van der Waals surface area contributed by atoms with Crippen LogP contribution in [0.5, 0.6) is 0 Å². The van der Waals surface area contributed by atoms with Crippen LogP contribution in [0.1, 0.15) is 41.6 Å². The second-order valence-corrected chi connectivity index (χ2v) is 8.79. The first-order chi connectivity index (χ1) is 13.4. The average molecular weight is 398 g/mol. The number of anilines is 1. The normalized spacial score (nSPS) is 15.0. The number of aromatic amines is 1. The van der Waals surface area contributed by atoms with Gasteiger partial charge in [-0.25, -0.2) is 13.4 Å². The van der Waals surface area contributed by atoms with E-state index in [0.717, 1.165) is 25.7 Å². The number of sulfonamides is 1. The second kappa shape index (κ2) is 7.27. The van der Waals surface area contributed by atoms with Crippen LogP contribution in [0.4, 0.5) is 5.69 Å². The van der Waals surface area contributed by atoms with Gasteiger partial charge in [-0.1, -0.05) is 12.8 Å². The first-order valence-corrected chi connectivity index (χ1v) is 10.8. The van der Waals surface area contributed by atoms with E-state index in [1.807, 2.05) is 0 Å². The van der Waals surface area contributed by atoms with E-state index in [1.54, 1.807) is 43.5 Å². The zero-order chi connectivity index (χ0) is 19.7. The number of rotatable bonds is 5. The Kier molecular flexibility index (Phi) is 4.80. The van der Waals surface area contributed by atoms with Gasteiger partial charge in [0.15, 0.2) is 0 Å². The van der Waals surface area contributed by atoms with Crippen LogP contribution < -0.4 is 10.0 Å². The molecule has 3 aromatic rings. The lowest BCUT2D eigenvalue weighted by atomic mass is 10.1. The van der Waals surface area contributed by atoms with Crippen molar-refractivity contribution < 1.29 is 13.2 Å². The highest BCUT2D eigenvalue weighted by Crippen LogP contribution is 2.26. The summed E-state index contributed by atoms with van der Waals surface area (Å²) in [5, 5.41) is 3.57. The molecule has 1 aliphatic rings. The largest absolute Gasteiger partial charge is 0.349 e. The Bertz CT molecular complexity index is 1130. The molecule has 1 amide bonds. The molecular formula is C20H22N4O3S. The predicted octanol–water partition coefficient (Wildman–Crippen LogP) is 3.34. The number of carbonyl (C=O) groups is 1. The maximum absolute atomic E-state index is 12.8. The molecule has 3 N–H and O–H groups in total. The number of pyridine rings is 1. The van der Waals surface area contributed by atoms with Crippen molar-refractivity contribution in [2.45, 2.75) is 43.5 Å². The van der Waals surface area contributed by atoms with Crippen molar-refractivity contribution in [3.05, 3.63) is 53.9 Å². The maximum Gasteiger partial charge on any atom is 0.264 e. The van der Waals surface area contributed by atoms with Crippen LogP contribution in [0.25, 0.3) is 11.0 Å². The fraction of sp³-hybridized carbons (Fsp3) is 0.300. The topological polar surface area (TPSA) is 104 Å². The molecule has 0 bridgehead atoms. The van der Waals surface area contributed by atoms with E-state index in [-0.39, 0.29) is 16.8 Å². The predicted molar refractivity (Wildman–Crippen MR) is 108 cm³/mol. The number of aryl methyl sites for hydroxylation is 1. The monoisotopic (exact) mass is 398 g/mol. The minimum atomic E-state index is -3.79. The molecule has 1 saturated carbocycles. The van der Waals surface area contributed by atoms with Crippen molar-refractivity contribution in [2.75, 3.05) is 4.72 Å². The Morgan fingerprint density at radius 3 is 2.75 bits per heavy atom. The summed E-state index contributed by atoms with van der Waals surface area (Å²) in [5.41, 5.74) is 2.17. The van der Waals surface area contributed by atoms with Gasteiger partial charge in [0.1, 0.15) is 10.5 Å². The number of hydrogen-bond donors (Lipinski definition) is 3. The first kappa shape index (κ1) is 18.5.